The summed E-state index contributed by atoms with van der Waals surface area (Å²) in [4.78, 5) is 0. The number of halogens is 5. The van der Waals surface area contributed by atoms with E-state index in [4.69, 9.17) is 0 Å². The van der Waals surface area contributed by atoms with Gasteiger partial charge in [-0.1, -0.05) is 6.07 Å². The predicted molar refractivity (Wildman–Crippen MR) is 69.8 cm³/mol. The Kier molecular flexibility index (Phi) is 4.16. The summed E-state index contributed by atoms with van der Waals surface area (Å²) in [6.45, 7) is 1.53. The Bertz CT molecular complexity index is 599. The molecule has 2 rings (SSSR count). The second kappa shape index (κ2) is 5.71. The van der Waals surface area contributed by atoms with Crippen LogP contribution >= 0.6 is 0 Å². The molecule has 6 heteroatoms. The van der Waals surface area contributed by atoms with Gasteiger partial charge in [0, 0.05) is 11.3 Å². The van der Waals surface area contributed by atoms with Crippen LogP contribution in [-0.2, 0) is 6.18 Å². The van der Waals surface area contributed by atoms with Crippen molar-refractivity contribution in [3.8, 4) is 0 Å². The van der Waals surface area contributed by atoms with Crippen molar-refractivity contribution in [1.82, 2.24) is 0 Å². The first kappa shape index (κ1) is 15.3. The van der Waals surface area contributed by atoms with Gasteiger partial charge in [0.05, 0.1) is 11.6 Å². The first-order valence-electron chi connectivity index (χ1n) is 6.16. The summed E-state index contributed by atoms with van der Waals surface area (Å²) in [7, 11) is 0. The molecule has 0 aliphatic heterocycles. The fourth-order valence-corrected chi connectivity index (χ4v) is 2.00. The molecule has 1 N–H and O–H groups in total. The van der Waals surface area contributed by atoms with E-state index in [2.05, 4.69) is 5.32 Å². The van der Waals surface area contributed by atoms with Gasteiger partial charge >= 0.3 is 6.18 Å². The van der Waals surface area contributed by atoms with Crippen LogP contribution in [0, 0.1) is 11.6 Å². The van der Waals surface area contributed by atoms with Gasteiger partial charge in [-0.25, -0.2) is 8.78 Å². The summed E-state index contributed by atoms with van der Waals surface area (Å²) in [5.41, 5.74) is -0.590. The van der Waals surface area contributed by atoms with Gasteiger partial charge in [-0.3, -0.25) is 0 Å². The SMILES string of the molecule is CC(Nc1ccc(C(F)(F)F)cc1)c1c(F)cccc1F. The van der Waals surface area contributed by atoms with Gasteiger partial charge in [0.15, 0.2) is 0 Å². The Morgan fingerprint density at radius 1 is 0.905 bits per heavy atom. The lowest BCUT2D eigenvalue weighted by molar-refractivity contribution is -0.137. The molecule has 0 aromatic heterocycles. The molecule has 0 heterocycles. The van der Waals surface area contributed by atoms with Crippen LogP contribution in [-0.4, -0.2) is 0 Å². The number of hydrogen-bond donors (Lipinski definition) is 1. The van der Waals surface area contributed by atoms with Crippen molar-refractivity contribution < 1.29 is 22.0 Å². The third-order valence-corrected chi connectivity index (χ3v) is 3.03. The molecule has 1 atom stereocenters. The van der Waals surface area contributed by atoms with E-state index < -0.39 is 29.4 Å². The van der Waals surface area contributed by atoms with Crippen LogP contribution in [0.5, 0.6) is 0 Å². The van der Waals surface area contributed by atoms with E-state index in [-0.39, 0.29) is 5.56 Å². The molecule has 1 nitrogen and oxygen atoms in total. The normalized spacial score (nSPS) is 13.0. The lowest BCUT2D eigenvalue weighted by Crippen LogP contribution is -2.11. The molecule has 1 unspecified atom stereocenters. The molecule has 112 valence electrons. The van der Waals surface area contributed by atoms with Crippen LogP contribution in [0.3, 0.4) is 0 Å². The van der Waals surface area contributed by atoms with E-state index in [1.165, 1.54) is 25.1 Å². The maximum Gasteiger partial charge on any atom is 0.416 e. The van der Waals surface area contributed by atoms with Crippen LogP contribution < -0.4 is 5.32 Å². The standard InChI is InChI=1S/C15H12F5N/c1-9(14-12(16)3-2-4-13(14)17)21-11-7-5-10(6-8-11)15(18,19)20/h2-9,21H,1H3. The average Bonchev–Trinajstić information content (AvgIpc) is 2.38. The minimum Gasteiger partial charge on any atom is -0.378 e. The summed E-state index contributed by atoms with van der Waals surface area (Å²) in [6.07, 6.45) is -4.41. The lowest BCUT2D eigenvalue weighted by Gasteiger charge is -2.17. The summed E-state index contributed by atoms with van der Waals surface area (Å²) in [5, 5.41) is 2.77. The van der Waals surface area contributed by atoms with E-state index >= 15 is 0 Å². The molecule has 0 bridgehead atoms. The number of nitrogens with one attached hydrogen (secondary N) is 1. The molecule has 0 fully saturated rings. The van der Waals surface area contributed by atoms with Gasteiger partial charge in [-0.2, -0.15) is 13.2 Å². The molecule has 0 aliphatic rings. The highest BCUT2D eigenvalue weighted by atomic mass is 19.4. The molecule has 0 saturated carbocycles. The lowest BCUT2D eigenvalue weighted by atomic mass is 10.1. The molecule has 0 spiro atoms. The Morgan fingerprint density at radius 3 is 1.90 bits per heavy atom. The molecule has 2 aromatic carbocycles. The molecule has 21 heavy (non-hydrogen) atoms. The average molecular weight is 301 g/mol. The third-order valence-electron chi connectivity index (χ3n) is 3.03. The number of alkyl halides is 3. The number of anilines is 1. The molecule has 0 saturated heterocycles. The number of rotatable bonds is 3. The van der Waals surface area contributed by atoms with E-state index in [0.717, 1.165) is 24.3 Å². The van der Waals surface area contributed by atoms with Crippen LogP contribution in [0.4, 0.5) is 27.6 Å². The van der Waals surface area contributed by atoms with Crippen LogP contribution in [0.1, 0.15) is 24.1 Å². The maximum absolute atomic E-state index is 13.6. The number of hydrogen-bond acceptors (Lipinski definition) is 1. The highest BCUT2D eigenvalue weighted by Crippen LogP contribution is 2.31. The van der Waals surface area contributed by atoms with E-state index in [0.29, 0.717) is 5.69 Å². The van der Waals surface area contributed by atoms with Crippen molar-refractivity contribution in [2.45, 2.75) is 19.1 Å². The van der Waals surface area contributed by atoms with E-state index in [9.17, 15) is 22.0 Å². The third kappa shape index (κ3) is 3.51. The van der Waals surface area contributed by atoms with Gasteiger partial charge in [0.2, 0.25) is 0 Å². The first-order chi connectivity index (χ1) is 9.79. The summed E-state index contributed by atoms with van der Waals surface area (Å²) >= 11 is 0. The summed E-state index contributed by atoms with van der Waals surface area (Å²) in [5.74, 6) is -1.41. The van der Waals surface area contributed by atoms with Crippen LogP contribution in [0.25, 0.3) is 0 Å². The molecule has 0 radical (unpaired) electrons. The second-order valence-corrected chi connectivity index (χ2v) is 4.58. The molecule has 2 aromatic rings. The second-order valence-electron chi connectivity index (χ2n) is 4.58. The van der Waals surface area contributed by atoms with Crippen LogP contribution in [0.15, 0.2) is 42.5 Å². The Balaban J connectivity index is 2.18. The fraction of sp³-hybridized carbons (Fsp3) is 0.200. The molecule has 0 aliphatic carbocycles. The van der Waals surface area contributed by atoms with Crippen molar-refractivity contribution in [2.75, 3.05) is 5.32 Å². The zero-order chi connectivity index (χ0) is 15.6. The van der Waals surface area contributed by atoms with Gasteiger partial charge in [0.25, 0.3) is 0 Å². The zero-order valence-electron chi connectivity index (χ0n) is 11.0. The van der Waals surface area contributed by atoms with Gasteiger partial charge in [0.1, 0.15) is 11.6 Å². The van der Waals surface area contributed by atoms with Gasteiger partial charge < -0.3 is 5.32 Å². The minimum atomic E-state index is -4.41. The minimum absolute atomic E-state index is 0.155. The molecular formula is C15H12F5N. The Morgan fingerprint density at radius 2 is 1.43 bits per heavy atom. The Hall–Kier alpha value is -2.11. The van der Waals surface area contributed by atoms with Crippen molar-refractivity contribution in [1.29, 1.82) is 0 Å². The molecule has 0 amide bonds. The number of benzene rings is 2. The summed E-state index contributed by atoms with van der Waals surface area (Å²) in [6, 6.07) is 7.05. The monoisotopic (exact) mass is 301 g/mol. The predicted octanol–water partition coefficient (Wildman–Crippen LogP) is 5.16. The van der Waals surface area contributed by atoms with Crippen LogP contribution in [0.2, 0.25) is 0 Å². The quantitative estimate of drug-likeness (QED) is 0.772. The first-order valence-corrected chi connectivity index (χ1v) is 6.16. The summed E-state index contributed by atoms with van der Waals surface area (Å²) < 4.78 is 64.5. The highest BCUT2D eigenvalue weighted by molar-refractivity contribution is 5.47. The zero-order valence-corrected chi connectivity index (χ0v) is 11.0. The van der Waals surface area contributed by atoms with Crippen molar-refractivity contribution in [3.63, 3.8) is 0 Å². The molecular weight excluding hydrogens is 289 g/mol. The topological polar surface area (TPSA) is 12.0 Å². The fourth-order valence-electron chi connectivity index (χ4n) is 2.00. The largest absolute Gasteiger partial charge is 0.416 e. The van der Waals surface area contributed by atoms with Gasteiger partial charge in [-0.05, 0) is 43.3 Å². The van der Waals surface area contributed by atoms with E-state index in [1.54, 1.807) is 0 Å². The highest BCUT2D eigenvalue weighted by Gasteiger charge is 2.30. The van der Waals surface area contributed by atoms with Crippen molar-refractivity contribution in [3.05, 3.63) is 65.2 Å². The van der Waals surface area contributed by atoms with Crippen molar-refractivity contribution in [2.24, 2.45) is 0 Å². The smallest absolute Gasteiger partial charge is 0.378 e. The van der Waals surface area contributed by atoms with Gasteiger partial charge in [-0.15, -0.1) is 0 Å². The van der Waals surface area contributed by atoms with Crippen molar-refractivity contribution >= 4 is 5.69 Å². The Labute approximate surface area is 118 Å². The maximum atomic E-state index is 13.6. The van der Waals surface area contributed by atoms with E-state index in [1.807, 2.05) is 0 Å².